The second-order valence-corrected chi connectivity index (χ2v) is 7.00. The number of hydrogen-bond acceptors (Lipinski definition) is 4. The molecule has 0 spiro atoms. The summed E-state index contributed by atoms with van der Waals surface area (Å²) in [5, 5.41) is 13.4. The van der Waals surface area contributed by atoms with Gasteiger partial charge in [-0.3, -0.25) is 4.79 Å². The second-order valence-electron chi connectivity index (χ2n) is 5.69. The van der Waals surface area contributed by atoms with Crippen molar-refractivity contribution in [1.29, 1.82) is 0 Å². The number of benzene rings is 2. The van der Waals surface area contributed by atoms with Crippen molar-refractivity contribution in [3.05, 3.63) is 69.3 Å². The fourth-order valence-corrected chi connectivity index (χ4v) is 3.84. The Kier molecular flexibility index (Phi) is 5.81. The van der Waals surface area contributed by atoms with Gasteiger partial charge in [-0.25, -0.2) is 18.0 Å². The Bertz CT molecular complexity index is 1130. The molecule has 29 heavy (non-hydrogen) atoms. The Morgan fingerprint density at radius 2 is 1.86 bits per heavy atom. The van der Waals surface area contributed by atoms with E-state index in [-0.39, 0.29) is 16.1 Å². The number of carbonyl (C=O) groups is 2. The predicted octanol–water partition coefficient (Wildman–Crippen LogP) is 5.44. The lowest BCUT2D eigenvalue weighted by atomic mass is 10.1. The molecule has 0 radical (unpaired) electrons. The van der Waals surface area contributed by atoms with Crippen molar-refractivity contribution in [2.45, 2.75) is 0 Å². The van der Waals surface area contributed by atoms with Crippen LogP contribution in [0.25, 0.3) is 10.4 Å². The second kappa shape index (κ2) is 8.14. The van der Waals surface area contributed by atoms with Crippen LogP contribution in [-0.2, 0) is 0 Å². The summed E-state index contributed by atoms with van der Waals surface area (Å²) in [7, 11) is 0.958. The van der Waals surface area contributed by atoms with Crippen molar-refractivity contribution in [2.75, 3.05) is 12.4 Å². The van der Waals surface area contributed by atoms with E-state index in [1.807, 2.05) is 0 Å². The quantitative estimate of drug-likeness (QED) is 0.552. The van der Waals surface area contributed by atoms with Crippen LogP contribution in [0.4, 0.5) is 18.9 Å². The molecule has 3 aromatic rings. The SMILES string of the molecule is COc1c(F)cc(F)c(C(=O)Nc2csc(-c3cccc(Cl)c3)c2C(=O)O)c1F. The maximum absolute atomic E-state index is 14.3. The average molecular weight is 442 g/mol. The van der Waals surface area contributed by atoms with Crippen LogP contribution in [0.2, 0.25) is 5.02 Å². The van der Waals surface area contributed by atoms with Gasteiger partial charge in [-0.1, -0.05) is 23.7 Å². The van der Waals surface area contributed by atoms with Gasteiger partial charge in [0.1, 0.15) is 16.9 Å². The Hall–Kier alpha value is -3.04. The van der Waals surface area contributed by atoms with E-state index in [9.17, 15) is 27.9 Å². The number of amides is 1. The van der Waals surface area contributed by atoms with Crippen molar-refractivity contribution in [3.8, 4) is 16.2 Å². The number of carboxylic acids is 1. The van der Waals surface area contributed by atoms with Crippen LogP contribution in [0.3, 0.4) is 0 Å². The first kappa shape index (κ1) is 20.7. The largest absolute Gasteiger partial charge is 0.491 e. The maximum atomic E-state index is 14.3. The monoisotopic (exact) mass is 441 g/mol. The Morgan fingerprint density at radius 3 is 2.48 bits per heavy atom. The molecule has 0 saturated heterocycles. The van der Waals surface area contributed by atoms with Crippen LogP contribution in [0.1, 0.15) is 20.7 Å². The minimum atomic E-state index is -1.54. The molecule has 0 bridgehead atoms. The molecule has 0 fully saturated rings. The zero-order chi connectivity index (χ0) is 21.3. The molecule has 0 aliphatic heterocycles. The number of thiophene rings is 1. The van der Waals surface area contributed by atoms with E-state index in [4.69, 9.17) is 11.6 Å². The molecule has 3 rings (SSSR count). The summed E-state index contributed by atoms with van der Waals surface area (Å²) in [6.07, 6.45) is 0. The van der Waals surface area contributed by atoms with Gasteiger partial charge in [0, 0.05) is 16.5 Å². The van der Waals surface area contributed by atoms with E-state index < -0.39 is 40.6 Å². The highest BCUT2D eigenvalue weighted by molar-refractivity contribution is 7.14. The first-order valence-electron chi connectivity index (χ1n) is 7.88. The fraction of sp³-hybridized carbons (Fsp3) is 0.0526. The van der Waals surface area contributed by atoms with Gasteiger partial charge >= 0.3 is 5.97 Å². The Labute approximate surface area is 171 Å². The molecule has 1 aromatic heterocycles. The zero-order valence-electron chi connectivity index (χ0n) is 14.6. The number of ether oxygens (including phenoxy) is 1. The molecule has 0 atom stereocenters. The lowest BCUT2D eigenvalue weighted by Gasteiger charge is -2.11. The number of carbonyl (C=O) groups excluding carboxylic acids is 1. The zero-order valence-corrected chi connectivity index (χ0v) is 16.1. The van der Waals surface area contributed by atoms with E-state index in [0.717, 1.165) is 18.4 Å². The molecule has 2 aromatic carbocycles. The number of hydrogen-bond donors (Lipinski definition) is 2. The van der Waals surface area contributed by atoms with E-state index in [1.54, 1.807) is 18.2 Å². The number of carboxylic acid groups (broad SMARTS) is 1. The number of aromatic carboxylic acids is 1. The Balaban J connectivity index is 2.04. The number of nitrogens with one attached hydrogen (secondary N) is 1. The van der Waals surface area contributed by atoms with Crippen LogP contribution >= 0.6 is 22.9 Å². The number of rotatable bonds is 5. The van der Waals surface area contributed by atoms with Crippen LogP contribution < -0.4 is 10.1 Å². The highest BCUT2D eigenvalue weighted by atomic mass is 35.5. The lowest BCUT2D eigenvalue weighted by Crippen LogP contribution is -2.18. The number of anilines is 1. The molecule has 0 aliphatic carbocycles. The molecular formula is C19H11ClF3NO4S. The van der Waals surface area contributed by atoms with Gasteiger partial charge in [0.05, 0.1) is 17.7 Å². The van der Waals surface area contributed by atoms with Gasteiger partial charge < -0.3 is 15.2 Å². The van der Waals surface area contributed by atoms with E-state index in [1.165, 1.54) is 11.4 Å². The van der Waals surface area contributed by atoms with Gasteiger partial charge in [-0.05, 0) is 17.7 Å². The van der Waals surface area contributed by atoms with Gasteiger partial charge in [-0.2, -0.15) is 0 Å². The third-order valence-corrected chi connectivity index (χ3v) is 5.16. The van der Waals surface area contributed by atoms with Crippen molar-refractivity contribution in [1.82, 2.24) is 0 Å². The molecule has 1 heterocycles. The minimum absolute atomic E-state index is 0.176. The summed E-state index contributed by atoms with van der Waals surface area (Å²) >= 11 is 6.93. The summed E-state index contributed by atoms with van der Waals surface area (Å²) in [5.41, 5.74) is -1.07. The summed E-state index contributed by atoms with van der Waals surface area (Å²) in [6, 6.07) is 6.70. The van der Waals surface area contributed by atoms with Gasteiger partial charge in [0.15, 0.2) is 17.4 Å². The lowest BCUT2D eigenvalue weighted by molar-refractivity contribution is 0.0699. The van der Waals surface area contributed by atoms with Crippen LogP contribution in [0, 0.1) is 17.5 Å². The molecule has 0 aliphatic rings. The molecule has 0 saturated carbocycles. The van der Waals surface area contributed by atoms with Crippen LogP contribution in [0.5, 0.6) is 5.75 Å². The van der Waals surface area contributed by atoms with Gasteiger partial charge in [0.2, 0.25) is 0 Å². The molecule has 1 amide bonds. The topological polar surface area (TPSA) is 75.6 Å². The summed E-state index contributed by atoms with van der Waals surface area (Å²) < 4.78 is 46.4. The van der Waals surface area contributed by atoms with E-state index >= 15 is 0 Å². The molecule has 2 N–H and O–H groups in total. The third kappa shape index (κ3) is 3.92. The van der Waals surface area contributed by atoms with E-state index in [0.29, 0.717) is 16.7 Å². The molecule has 10 heteroatoms. The molecule has 150 valence electrons. The van der Waals surface area contributed by atoms with Crippen molar-refractivity contribution >= 4 is 40.5 Å². The number of halogens is 4. The summed E-state index contributed by atoms with van der Waals surface area (Å²) in [5.74, 6) is -7.90. The highest BCUT2D eigenvalue weighted by Crippen LogP contribution is 2.37. The predicted molar refractivity (Wildman–Crippen MR) is 103 cm³/mol. The van der Waals surface area contributed by atoms with Crippen molar-refractivity contribution in [3.63, 3.8) is 0 Å². The smallest absolute Gasteiger partial charge is 0.339 e. The van der Waals surface area contributed by atoms with Crippen LogP contribution in [-0.4, -0.2) is 24.1 Å². The first-order valence-corrected chi connectivity index (χ1v) is 9.13. The minimum Gasteiger partial charge on any atom is -0.491 e. The van der Waals surface area contributed by atoms with Crippen molar-refractivity contribution < 1.29 is 32.6 Å². The highest BCUT2D eigenvalue weighted by Gasteiger charge is 2.27. The van der Waals surface area contributed by atoms with Gasteiger partial charge in [0.25, 0.3) is 5.91 Å². The maximum Gasteiger partial charge on any atom is 0.339 e. The molecular weight excluding hydrogens is 431 g/mol. The first-order chi connectivity index (χ1) is 13.7. The fourth-order valence-electron chi connectivity index (χ4n) is 2.66. The standard InChI is InChI=1S/C19H11ClF3NO4S/c1-28-16-11(22)6-10(21)13(15(16)23)18(25)24-12-7-29-17(14(12)19(26)27)8-3-2-4-9(20)5-8/h2-7H,1H3,(H,24,25)(H,26,27). The summed E-state index contributed by atoms with van der Waals surface area (Å²) in [6.45, 7) is 0. The molecule has 0 unspecified atom stereocenters. The summed E-state index contributed by atoms with van der Waals surface area (Å²) in [4.78, 5) is 24.5. The van der Waals surface area contributed by atoms with Crippen LogP contribution in [0.15, 0.2) is 35.7 Å². The third-order valence-electron chi connectivity index (χ3n) is 3.90. The number of methoxy groups -OCH3 is 1. The molecule has 5 nitrogen and oxygen atoms in total. The van der Waals surface area contributed by atoms with Gasteiger partial charge in [-0.15, -0.1) is 11.3 Å². The average Bonchev–Trinajstić information content (AvgIpc) is 3.05. The van der Waals surface area contributed by atoms with Crippen molar-refractivity contribution in [2.24, 2.45) is 0 Å². The van der Waals surface area contributed by atoms with E-state index in [2.05, 4.69) is 10.1 Å². The Morgan fingerprint density at radius 1 is 1.14 bits per heavy atom. The normalized spacial score (nSPS) is 10.7.